The zero-order valence-corrected chi connectivity index (χ0v) is 26.6. The van der Waals surface area contributed by atoms with E-state index in [2.05, 4.69) is 16.8 Å². The molecule has 0 radical (unpaired) electrons. The smallest absolute Gasteiger partial charge is 0.338 e. The Morgan fingerprint density at radius 2 is 1.83 bits per heavy atom. The van der Waals surface area contributed by atoms with Crippen molar-refractivity contribution in [3.05, 3.63) is 119 Å². The molecule has 0 bridgehead atoms. The van der Waals surface area contributed by atoms with Crippen LogP contribution in [0, 0.1) is 10.1 Å². The first-order chi connectivity index (χ1) is 22.8. The molecular weight excluding hydrogens is 622 g/mol. The number of fused-ring (bicyclic) bond motifs is 2. The Kier molecular flexibility index (Phi) is 8.08. The lowest BCUT2D eigenvalue weighted by Gasteiger charge is -2.34. The third kappa shape index (κ3) is 5.68. The quantitative estimate of drug-likeness (QED) is 0.168. The number of thiazole rings is 1. The Bertz CT molecular complexity index is 2100. The molecule has 0 N–H and O–H groups in total. The lowest BCUT2D eigenvalue weighted by Crippen LogP contribution is -2.44. The molecule has 0 aliphatic carbocycles. The van der Waals surface area contributed by atoms with E-state index in [0.29, 0.717) is 43.2 Å². The number of non-ortho nitro benzene ring substituents is 1. The van der Waals surface area contributed by atoms with Gasteiger partial charge >= 0.3 is 5.97 Å². The molecule has 1 aromatic heterocycles. The standard InChI is InChI=1S/C34H31N5O7S/c1-3-44-33(41)29-30(21-7-5-4-6-8-21)35-34-38(31(29)22-9-12-26-27(18-22)46-20-45-26)32(40)28(47-34)19-23-17-24(39(42)43)10-11-25(23)37-15-13-36(2)14-16-37/h4-12,17-19,31H,3,13-16,20H2,1-2H3/b28-19+. The van der Waals surface area contributed by atoms with Crippen LogP contribution in [-0.4, -0.2) is 67.0 Å². The number of hydrogen-bond acceptors (Lipinski definition) is 11. The van der Waals surface area contributed by atoms with Crippen molar-refractivity contribution >= 4 is 40.5 Å². The van der Waals surface area contributed by atoms with Gasteiger partial charge in [-0.3, -0.25) is 19.5 Å². The summed E-state index contributed by atoms with van der Waals surface area (Å²) in [7, 11) is 2.06. The van der Waals surface area contributed by atoms with Crippen molar-refractivity contribution < 1.29 is 23.9 Å². The van der Waals surface area contributed by atoms with Crippen molar-refractivity contribution in [3.63, 3.8) is 0 Å². The number of likely N-dealkylation sites (N-methyl/N-ethyl adjacent to an activating group) is 1. The van der Waals surface area contributed by atoms with Gasteiger partial charge in [-0.2, -0.15) is 0 Å². The van der Waals surface area contributed by atoms with Gasteiger partial charge in [0, 0.05) is 55.1 Å². The molecule has 1 unspecified atom stereocenters. The maximum atomic E-state index is 14.5. The van der Waals surface area contributed by atoms with Crippen molar-refractivity contribution in [2.24, 2.45) is 4.99 Å². The first-order valence-corrected chi connectivity index (χ1v) is 16.0. The second-order valence-corrected chi connectivity index (χ2v) is 12.3. The van der Waals surface area contributed by atoms with Crippen LogP contribution < -0.4 is 29.3 Å². The van der Waals surface area contributed by atoms with Gasteiger partial charge in [-0.15, -0.1) is 0 Å². The number of aromatic nitrogens is 1. The van der Waals surface area contributed by atoms with Gasteiger partial charge in [0.15, 0.2) is 16.3 Å². The number of nitro benzene ring substituents is 1. The van der Waals surface area contributed by atoms with Crippen molar-refractivity contribution in [3.8, 4) is 11.5 Å². The van der Waals surface area contributed by atoms with E-state index < -0.39 is 16.9 Å². The minimum Gasteiger partial charge on any atom is -0.463 e. The highest BCUT2D eigenvalue weighted by Crippen LogP contribution is 2.40. The van der Waals surface area contributed by atoms with Gasteiger partial charge in [-0.1, -0.05) is 47.7 Å². The Balaban J connectivity index is 1.47. The van der Waals surface area contributed by atoms with Crippen LogP contribution in [-0.2, 0) is 9.53 Å². The third-order valence-electron chi connectivity index (χ3n) is 8.44. The fourth-order valence-electron chi connectivity index (χ4n) is 6.09. The summed E-state index contributed by atoms with van der Waals surface area (Å²) in [6, 6.07) is 18.4. The number of ether oxygens (including phenoxy) is 3. The van der Waals surface area contributed by atoms with Crippen LogP contribution in [0.25, 0.3) is 11.8 Å². The van der Waals surface area contributed by atoms with E-state index in [0.717, 1.165) is 31.9 Å². The molecule has 7 rings (SSSR count). The molecule has 13 heteroatoms. The number of carbonyl (C=O) groups excluding carboxylic acids is 1. The average Bonchev–Trinajstić information content (AvgIpc) is 3.68. The SMILES string of the molecule is CCOC(=O)C1=C(c2ccccc2)N=c2s/c(=C/c3cc([N+](=O)[O-])ccc3N3CCN(C)CC3)c(=O)n2C1c1ccc2c(c1)OCO2. The summed E-state index contributed by atoms with van der Waals surface area (Å²) in [5, 5.41) is 11.8. The number of carbonyl (C=O) groups is 1. The normalized spacial score (nSPS) is 17.8. The summed E-state index contributed by atoms with van der Waals surface area (Å²) >= 11 is 1.17. The predicted octanol–water partition coefficient (Wildman–Crippen LogP) is 3.32. The van der Waals surface area contributed by atoms with Crippen LogP contribution >= 0.6 is 11.3 Å². The highest BCUT2D eigenvalue weighted by Gasteiger charge is 2.36. The molecule has 3 aliphatic heterocycles. The molecule has 0 amide bonds. The van der Waals surface area contributed by atoms with E-state index >= 15 is 0 Å². The molecule has 0 spiro atoms. The first-order valence-electron chi connectivity index (χ1n) is 15.2. The molecular formula is C34H31N5O7S. The zero-order chi connectivity index (χ0) is 32.7. The van der Waals surface area contributed by atoms with Crippen LogP contribution in [0.5, 0.6) is 11.5 Å². The lowest BCUT2D eigenvalue weighted by atomic mass is 9.93. The summed E-state index contributed by atoms with van der Waals surface area (Å²) in [5.74, 6) is 0.468. The zero-order valence-electron chi connectivity index (χ0n) is 25.8. The molecule has 1 fully saturated rings. The summed E-state index contributed by atoms with van der Waals surface area (Å²) in [6.45, 7) is 5.08. The van der Waals surface area contributed by atoms with E-state index in [1.807, 2.05) is 30.3 Å². The van der Waals surface area contributed by atoms with Gasteiger partial charge in [-0.05, 0) is 43.8 Å². The van der Waals surface area contributed by atoms with Crippen molar-refractivity contribution in [1.29, 1.82) is 0 Å². The van der Waals surface area contributed by atoms with Crippen LogP contribution in [0.1, 0.15) is 29.7 Å². The van der Waals surface area contributed by atoms with E-state index in [1.165, 1.54) is 28.0 Å². The molecule has 3 aliphatic rings. The Labute approximate surface area is 273 Å². The number of esters is 1. The molecule has 3 aromatic carbocycles. The minimum absolute atomic E-state index is 0.0657. The number of benzene rings is 3. The number of piperazine rings is 1. The number of nitro groups is 1. The monoisotopic (exact) mass is 653 g/mol. The highest BCUT2D eigenvalue weighted by molar-refractivity contribution is 7.07. The maximum absolute atomic E-state index is 14.5. The van der Waals surface area contributed by atoms with Crippen molar-refractivity contribution in [1.82, 2.24) is 9.47 Å². The molecule has 0 saturated carbocycles. The fourth-order valence-corrected chi connectivity index (χ4v) is 7.08. The Morgan fingerprint density at radius 3 is 2.57 bits per heavy atom. The average molecular weight is 654 g/mol. The van der Waals surface area contributed by atoms with E-state index in [4.69, 9.17) is 19.2 Å². The van der Waals surface area contributed by atoms with Crippen LogP contribution in [0.2, 0.25) is 0 Å². The molecule has 4 aromatic rings. The van der Waals surface area contributed by atoms with Crippen molar-refractivity contribution in [2.45, 2.75) is 13.0 Å². The van der Waals surface area contributed by atoms with Gasteiger partial charge in [0.1, 0.15) is 0 Å². The molecule has 1 atom stereocenters. The predicted molar refractivity (Wildman–Crippen MR) is 176 cm³/mol. The van der Waals surface area contributed by atoms with E-state index in [9.17, 15) is 19.7 Å². The molecule has 240 valence electrons. The molecule has 4 heterocycles. The van der Waals surface area contributed by atoms with Crippen molar-refractivity contribution in [2.75, 3.05) is 51.5 Å². The summed E-state index contributed by atoms with van der Waals surface area (Å²) in [4.78, 5) is 49.3. The van der Waals surface area contributed by atoms with E-state index in [1.54, 1.807) is 37.3 Å². The third-order valence-corrected chi connectivity index (χ3v) is 9.42. The maximum Gasteiger partial charge on any atom is 0.338 e. The summed E-state index contributed by atoms with van der Waals surface area (Å²) in [6.07, 6.45) is 1.69. The summed E-state index contributed by atoms with van der Waals surface area (Å²) in [5.41, 5.74) is 2.81. The van der Waals surface area contributed by atoms with Crippen LogP contribution in [0.15, 0.2) is 82.1 Å². The molecule has 12 nitrogen and oxygen atoms in total. The number of anilines is 1. The number of nitrogens with zero attached hydrogens (tertiary/aromatic N) is 5. The number of rotatable bonds is 7. The molecule has 1 saturated heterocycles. The Hall–Kier alpha value is -5.27. The minimum atomic E-state index is -0.903. The van der Waals surface area contributed by atoms with Crippen LogP contribution in [0.4, 0.5) is 11.4 Å². The second kappa shape index (κ2) is 12.5. The molecule has 47 heavy (non-hydrogen) atoms. The largest absolute Gasteiger partial charge is 0.463 e. The first kappa shape index (κ1) is 30.4. The topological polar surface area (TPSA) is 129 Å². The van der Waals surface area contributed by atoms with Gasteiger partial charge in [0.05, 0.1) is 33.4 Å². The highest BCUT2D eigenvalue weighted by atomic mass is 32.1. The van der Waals surface area contributed by atoms with Crippen LogP contribution in [0.3, 0.4) is 0 Å². The number of hydrogen-bond donors (Lipinski definition) is 0. The van der Waals surface area contributed by atoms with Gasteiger partial charge in [0.2, 0.25) is 6.79 Å². The fraction of sp³-hybridized carbons (Fsp3) is 0.265. The lowest BCUT2D eigenvalue weighted by molar-refractivity contribution is -0.384. The van der Waals surface area contributed by atoms with Gasteiger partial charge < -0.3 is 24.0 Å². The Morgan fingerprint density at radius 1 is 1.06 bits per heavy atom. The van der Waals surface area contributed by atoms with Gasteiger partial charge in [-0.25, -0.2) is 9.79 Å². The second-order valence-electron chi connectivity index (χ2n) is 11.3. The van der Waals surface area contributed by atoms with E-state index in [-0.39, 0.29) is 30.2 Å². The van der Waals surface area contributed by atoms with Gasteiger partial charge in [0.25, 0.3) is 11.2 Å². The summed E-state index contributed by atoms with van der Waals surface area (Å²) < 4.78 is 18.6.